The van der Waals surface area contributed by atoms with Crippen molar-refractivity contribution >= 4 is 23.4 Å². The molecule has 0 bridgehead atoms. The van der Waals surface area contributed by atoms with E-state index in [1.807, 2.05) is 7.05 Å². The molecule has 1 aromatic heterocycles. The number of hydrogen-bond donors (Lipinski definition) is 1. The number of anilines is 2. The molecule has 0 unspecified atom stereocenters. The van der Waals surface area contributed by atoms with E-state index in [0.29, 0.717) is 30.2 Å². The molecule has 2 heterocycles. The van der Waals surface area contributed by atoms with Crippen molar-refractivity contribution in [1.29, 1.82) is 0 Å². The number of rotatable bonds is 4. The molecular weight excluding hydrogens is 334 g/mol. The Morgan fingerprint density at radius 1 is 1.00 bits per heavy atom. The highest BCUT2D eigenvalue weighted by Crippen LogP contribution is 2.16. The molecule has 8 heteroatoms. The molecule has 1 saturated heterocycles. The summed E-state index contributed by atoms with van der Waals surface area (Å²) in [7, 11) is 3.38. The summed E-state index contributed by atoms with van der Waals surface area (Å²) in [6.45, 7) is 3.12. The molecule has 26 heavy (non-hydrogen) atoms. The van der Waals surface area contributed by atoms with Gasteiger partial charge in [0.25, 0.3) is 5.91 Å². The number of ether oxygens (including phenoxy) is 1. The lowest BCUT2D eigenvalue weighted by Gasteiger charge is -2.32. The van der Waals surface area contributed by atoms with E-state index in [1.54, 1.807) is 41.3 Å². The molecule has 1 aliphatic heterocycles. The van der Waals surface area contributed by atoms with E-state index in [2.05, 4.69) is 25.2 Å². The molecule has 3 rings (SSSR count). The number of benzene rings is 1. The molecule has 2 aromatic rings. The van der Waals surface area contributed by atoms with Crippen molar-refractivity contribution in [2.75, 3.05) is 45.7 Å². The molecule has 1 fully saturated rings. The number of carbonyl (C=O) groups is 2. The van der Waals surface area contributed by atoms with Gasteiger partial charge >= 0.3 is 5.97 Å². The molecule has 0 saturated carbocycles. The van der Waals surface area contributed by atoms with Gasteiger partial charge in [-0.15, -0.1) is 10.2 Å². The lowest BCUT2D eigenvalue weighted by Crippen LogP contribution is -2.47. The molecule has 1 aliphatic rings. The lowest BCUT2D eigenvalue weighted by atomic mass is 10.2. The van der Waals surface area contributed by atoms with Gasteiger partial charge in [0.2, 0.25) is 0 Å². The average Bonchev–Trinajstić information content (AvgIpc) is 2.68. The Morgan fingerprint density at radius 2 is 1.69 bits per heavy atom. The highest BCUT2D eigenvalue weighted by molar-refractivity contribution is 5.92. The highest BCUT2D eigenvalue weighted by atomic mass is 16.5. The molecule has 0 radical (unpaired) electrons. The van der Waals surface area contributed by atoms with E-state index in [1.165, 1.54) is 7.11 Å². The number of aromatic nitrogens is 2. The number of likely N-dealkylation sites (N-methyl/N-ethyl adjacent to an activating group) is 1. The van der Waals surface area contributed by atoms with Crippen LogP contribution in [0.25, 0.3) is 0 Å². The second kappa shape index (κ2) is 7.92. The van der Waals surface area contributed by atoms with Crippen LogP contribution in [-0.4, -0.2) is 72.2 Å². The van der Waals surface area contributed by atoms with Gasteiger partial charge in [0.05, 0.1) is 12.7 Å². The minimum absolute atomic E-state index is 0.0976. The van der Waals surface area contributed by atoms with Crippen LogP contribution in [-0.2, 0) is 4.74 Å². The fourth-order valence-electron chi connectivity index (χ4n) is 2.64. The Bertz CT molecular complexity index is 768. The van der Waals surface area contributed by atoms with Gasteiger partial charge in [-0.2, -0.15) is 0 Å². The van der Waals surface area contributed by atoms with Gasteiger partial charge in [0, 0.05) is 31.9 Å². The zero-order valence-electron chi connectivity index (χ0n) is 14.8. The van der Waals surface area contributed by atoms with E-state index in [0.717, 1.165) is 18.8 Å². The first-order valence-electron chi connectivity index (χ1n) is 8.34. The van der Waals surface area contributed by atoms with Gasteiger partial charge < -0.3 is 19.9 Å². The average molecular weight is 355 g/mol. The largest absolute Gasteiger partial charge is 0.465 e. The maximum Gasteiger partial charge on any atom is 0.337 e. The second-order valence-electron chi connectivity index (χ2n) is 6.09. The second-order valence-corrected chi connectivity index (χ2v) is 6.09. The van der Waals surface area contributed by atoms with Crippen molar-refractivity contribution < 1.29 is 14.3 Å². The normalized spacial score (nSPS) is 14.8. The third-order valence-electron chi connectivity index (χ3n) is 4.25. The molecule has 0 aliphatic carbocycles. The highest BCUT2D eigenvalue weighted by Gasteiger charge is 2.21. The molecule has 0 atom stereocenters. The quantitative estimate of drug-likeness (QED) is 0.829. The first-order chi connectivity index (χ1) is 12.6. The SMILES string of the molecule is COC(=O)c1ccc(Nc2ccc(C(=O)N3CCN(C)CC3)nn2)cc1. The van der Waals surface area contributed by atoms with Crippen LogP contribution in [0.2, 0.25) is 0 Å². The maximum atomic E-state index is 12.4. The molecule has 136 valence electrons. The van der Waals surface area contributed by atoms with Gasteiger partial charge in [-0.05, 0) is 43.4 Å². The van der Waals surface area contributed by atoms with E-state index in [4.69, 9.17) is 0 Å². The minimum Gasteiger partial charge on any atom is -0.465 e. The fraction of sp³-hybridized carbons (Fsp3) is 0.333. The summed E-state index contributed by atoms with van der Waals surface area (Å²) in [5.74, 6) is 0.0356. The Labute approximate surface area is 151 Å². The summed E-state index contributed by atoms with van der Waals surface area (Å²) in [5.41, 5.74) is 1.56. The number of esters is 1. The van der Waals surface area contributed by atoms with Crippen LogP contribution in [0.1, 0.15) is 20.8 Å². The molecule has 1 N–H and O–H groups in total. The van der Waals surface area contributed by atoms with Crippen molar-refractivity contribution in [2.45, 2.75) is 0 Å². The zero-order valence-corrected chi connectivity index (χ0v) is 14.8. The summed E-state index contributed by atoms with van der Waals surface area (Å²) in [6, 6.07) is 10.2. The minimum atomic E-state index is -0.386. The van der Waals surface area contributed by atoms with Gasteiger partial charge in [-0.3, -0.25) is 4.79 Å². The Balaban J connectivity index is 1.62. The molecule has 1 amide bonds. The van der Waals surface area contributed by atoms with E-state index in [-0.39, 0.29) is 11.9 Å². The number of nitrogens with one attached hydrogen (secondary N) is 1. The van der Waals surface area contributed by atoms with Gasteiger partial charge in [-0.25, -0.2) is 4.79 Å². The summed E-state index contributed by atoms with van der Waals surface area (Å²) < 4.78 is 4.67. The monoisotopic (exact) mass is 355 g/mol. The summed E-state index contributed by atoms with van der Waals surface area (Å²) >= 11 is 0. The molecule has 8 nitrogen and oxygen atoms in total. The van der Waals surface area contributed by atoms with Crippen LogP contribution in [0.3, 0.4) is 0 Å². The number of hydrogen-bond acceptors (Lipinski definition) is 7. The van der Waals surface area contributed by atoms with Crippen LogP contribution in [0.5, 0.6) is 0 Å². The maximum absolute atomic E-state index is 12.4. The van der Waals surface area contributed by atoms with Crippen LogP contribution >= 0.6 is 0 Å². The predicted molar refractivity (Wildman–Crippen MR) is 96.5 cm³/mol. The van der Waals surface area contributed by atoms with Crippen LogP contribution < -0.4 is 5.32 Å². The van der Waals surface area contributed by atoms with Crippen molar-refractivity contribution in [1.82, 2.24) is 20.0 Å². The third-order valence-corrected chi connectivity index (χ3v) is 4.25. The van der Waals surface area contributed by atoms with E-state index in [9.17, 15) is 9.59 Å². The summed E-state index contributed by atoms with van der Waals surface area (Å²) in [4.78, 5) is 27.9. The predicted octanol–water partition coefficient (Wildman–Crippen LogP) is 1.39. The van der Waals surface area contributed by atoms with E-state index >= 15 is 0 Å². The zero-order chi connectivity index (χ0) is 18.5. The van der Waals surface area contributed by atoms with Gasteiger partial charge in [0.15, 0.2) is 11.5 Å². The van der Waals surface area contributed by atoms with Crippen molar-refractivity contribution in [3.05, 3.63) is 47.7 Å². The van der Waals surface area contributed by atoms with Gasteiger partial charge in [0.1, 0.15) is 0 Å². The molecule has 1 aromatic carbocycles. The van der Waals surface area contributed by atoms with Gasteiger partial charge in [-0.1, -0.05) is 0 Å². The number of piperazine rings is 1. The van der Waals surface area contributed by atoms with Crippen molar-refractivity contribution in [3.63, 3.8) is 0 Å². The number of carbonyl (C=O) groups excluding carboxylic acids is 2. The number of methoxy groups -OCH3 is 1. The van der Waals surface area contributed by atoms with Crippen LogP contribution in [0, 0.1) is 0 Å². The number of nitrogens with zero attached hydrogens (tertiary/aromatic N) is 4. The van der Waals surface area contributed by atoms with Crippen molar-refractivity contribution in [2.24, 2.45) is 0 Å². The summed E-state index contributed by atoms with van der Waals surface area (Å²) in [5, 5.41) is 11.2. The Hall–Kier alpha value is -3.00. The first-order valence-corrected chi connectivity index (χ1v) is 8.34. The number of amides is 1. The van der Waals surface area contributed by atoms with Crippen LogP contribution in [0.15, 0.2) is 36.4 Å². The van der Waals surface area contributed by atoms with Crippen molar-refractivity contribution in [3.8, 4) is 0 Å². The third kappa shape index (κ3) is 4.15. The fourth-order valence-corrected chi connectivity index (χ4v) is 2.64. The molecule has 0 spiro atoms. The first kappa shape index (κ1) is 17.8. The lowest BCUT2D eigenvalue weighted by molar-refractivity contribution is 0.0599. The molecular formula is C18H21N5O3. The topological polar surface area (TPSA) is 87.7 Å². The Kier molecular flexibility index (Phi) is 5.43. The van der Waals surface area contributed by atoms with E-state index < -0.39 is 0 Å². The Morgan fingerprint density at radius 3 is 2.27 bits per heavy atom. The standard InChI is InChI=1S/C18H21N5O3/c1-22-9-11-23(12-10-22)17(24)15-7-8-16(21-20-15)19-14-5-3-13(4-6-14)18(25)26-2/h3-8H,9-12H2,1-2H3,(H,19,21). The van der Waals surface area contributed by atoms with Crippen LogP contribution in [0.4, 0.5) is 11.5 Å². The smallest absolute Gasteiger partial charge is 0.337 e. The summed E-state index contributed by atoms with van der Waals surface area (Å²) in [6.07, 6.45) is 0.